The van der Waals surface area contributed by atoms with Crippen molar-refractivity contribution in [2.75, 3.05) is 7.11 Å². The molecule has 0 aliphatic rings. The predicted octanol–water partition coefficient (Wildman–Crippen LogP) is 2.33. The van der Waals surface area contributed by atoms with Crippen molar-refractivity contribution < 1.29 is 14.3 Å². The molecule has 0 amide bonds. The molecule has 0 radical (unpaired) electrons. The van der Waals surface area contributed by atoms with E-state index in [4.69, 9.17) is 0 Å². The van der Waals surface area contributed by atoms with Gasteiger partial charge in [-0.25, -0.2) is 4.79 Å². The Balaban J connectivity index is 2.84. The summed E-state index contributed by atoms with van der Waals surface area (Å²) in [6.45, 7) is 3.51. The fourth-order valence-corrected chi connectivity index (χ4v) is 2.11. The number of methoxy groups -OCH3 is 1. The predicted molar refractivity (Wildman–Crippen MR) is 72.9 cm³/mol. The van der Waals surface area contributed by atoms with Gasteiger partial charge in [0.15, 0.2) is 0 Å². The second-order valence-electron chi connectivity index (χ2n) is 4.01. The highest BCUT2D eigenvalue weighted by atomic mass is 16.5. The number of nitrogens with zero attached hydrogens (tertiary/aromatic N) is 1. The number of esters is 1. The van der Waals surface area contributed by atoms with E-state index in [1.165, 1.54) is 7.11 Å². The molecule has 0 fully saturated rings. The molecule has 0 N–H and O–H groups in total. The molecule has 0 unspecified atom stereocenters. The van der Waals surface area contributed by atoms with Crippen molar-refractivity contribution in [2.24, 2.45) is 7.05 Å². The zero-order valence-corrected chi connectivity index (χ0v) is 10.8. The van der Waals surface area contributed by atoms with Crippen LogP contribution in [0.3, 0.4) is 0 Å². The van der Waals surface area contributed by atoms with Gasteiger partial charge >= 0.3 is 5.97 Å². The van der Waals surface area contributed by atoms with Gasteiger partial charge in [0.25, 0.3) is 5.78 Å². The van der Waals surface area contributed by atoms with Gasteiger partial charge in [-0.15, -0.1) is 5.73 Å². The summed E-state index contributed by atoms with van der Waals surface area (Å²) in [6, 6.07) is 7.36. The molecule has 2 aromatic rings. The topological polar surface area (TPSA) is 48.3 Å². The Morgan fingerprint density at radius 1 is 1.37 bits per heavy atom. The molecule has 0 aliphatic carbocycles. The van der Waals surface area contributed by atoms with Crippen molar-refractivity contribution in [3.05, 3.63) is 47.8 Å². The molecule has 19 heavy (non-hydrogen) atoms. The van der Waals surface area contributed by atoms with Gasteiger partial charge in [-0.2, -0.15) is 0 Å². The number of rotatable bonds is 3. The summed E-state index contributed by atoms with van der Waals surface area (Å²) < 4.78 is 6.33. The number of aromatic nitrogens is 1. The molecule has 0 saturated heterocycles. The molecular formula is C15H13NO3. The number of carbonyl (C=O) groups excluding carboxylic acids is 2. The van der Waals surface area contributed by atoms with Crippen LogP contribution in [0.15, 0.2) is 36.6 Å². The second kappa shape index (κ2) is 4.96. The lowest BCUT2D eigenvalue weighted by Crippen LogP contribution is -2.16. The first-order valence-electron chi connectivity index (χ1n) is 5.67. The van der Waals surface area contributed by atoms with E-state index in [9.17, 15) is 9.59 Å². The van der Waals surface area contributed by atoms with Crippen LogP contribution in [0.5, 0.6) is 0 Å². The maximum atomic E-state index is 12.1. The minimum Gasteiger partial charge on any atom is -0.463 e. The summed E-state index contributed by atoms with van der Waals surface area (Å²) in [5.74, 6) is -1.55. The average molecular weight is 255 g/mol. The number of hydrogen-bond acceptors (Lipinski definition) is 3. The highest BCUT2D eigenvalue weighted by Gasteiger charge is 2.25. The van der Waals surface area contributed by atoms with Crippen molar-refractivity contribution in [3.8, 4) is 0 Å². The maximum absolute atomic E-state index is 12.1. The standard InChI is InChI=1S/C15H13NO3/c1-4-7-12-13(14(17)15(18)19-3)10-8-5-6-9-11(10)16(12)2/h5-9H,1H2,2-3H3. The Hall–Kier alpha value is -2.58. The molecule has 0 atom stereocenters. The maximum Gasteiger partial charge on any atom is 0.379 e. The molecule has 0 spiro atoms. The lowest BCUT2D eigenvalue weighted by atomic mass is 10.1. The van der Waals surface area contributed by atoms with Crippen LogP contribution in [-0.2, 0) is 16.6 Å². The number of benzene rings is 1. The summed E-state index contributed by atoms with van der Waals surface area (Å²) in [7, 11) is 3.01. The number of carbonyl (C=O) groups is 2. The molecule has 1 aromatic heterocycles. The SMILES string of the molecule is C=C=Cc1c(C(=O)C(=O)OC)c2ccccc2n1C. The first-order chi connectivity index (χ1) is 9.11. The molecule has 0 aliphatic heterocycles. The van der Waals surface area contributed by atoms with Crippen LogP contribution in [0.25, 0.3) is 17.0 Å². The quantitative estimate of drug-likeness (QED) is 0.366. The summed E-state index contributed by atoms with van der Waals surface area (Å²) in [5.41, 5.74) is 4.41. The van der Waals surface area contributed by atoms with Crippen LogP contribution in [-0.4, -0.2) is 23.4 Å². The second-order valence-corrected chi connectivity index (χ2v) is 4.01. The highest BCUT2D eigenvalue weighted by Crippen LogP contribution is 2.26. The van der Waals surface area contributed by atoms with Gasteiger partial charge in [0.1, 0.15) is 0 Å². The van der Waals surface area contributed by atoms with E-state index in [1.807, 2.05) is 29.8 Å². The summed E-state index contributed by atoms with van der Waals surface area (Å²) >= 11 is 0. The first-order valence-corrected chi connectivity index (χ1v) is 5.67. The van der Waals surface area contributed by atoms with Crippen LogP contribution in [0, 0.1) is 0 Å². The summed E-state index contributed by atoms with van der Waals surface area (Å²) in [5, 5.41) is 0.710. The zero-order chi connectivity index (χ0) is 14.0. The van der Waals surface area contributed by atoms with Crippen molar-refractivity contribution in [2.45, 2.75) is 0 Å². The van der Waals surface area contributed by atoms with Crippen LogP contribution < -0.4 is 0 Å². The van der Waals surface area contributed by atoms with Crippen molar-refractivity contribution in [1.82, 2.24) is 4.57 Å². The molecular weight excluding hydrogens is 242 g/mol. The van der Waals surface area contributed by atoms with Crippen LogP contribution in [0.4, 0.5) is 0 Å². The highest BCUT2D eigenvalue weighted by molar-refractivity contribution is 6.43. The Kier molecular flexibility index (Phi) is 3.36. The third-order valence-electron chi connectivity index (χ3n) is 2.99. The lowest BCUT2D eigenvalue weighted by Gasteiger charge is -2.00. The minimum atomic E-state index is -0.880. The minimum absolute atomic E-state index is 0.320. The lowest BCUT2D eigenvalue weighted by molar-refractivity contribution is -0.135. The van der Waals surface area contributed by atoms with E-state index in [0.29, 0.717) is 16.6 Å². The number of hydrogen-bond donors (Lipinski definition) is 0. The zero-order valence-electron chi connectivity index (χ0n) is 10.8. The fourth-order valence-electron chi connectivity index (χ4n) is 2.11. The Morgan fingerprint density at radius 2 is 2.05 bits per heavy atom. The number of ether oxygens (including phenoxy) is 1. The Bertz CT molecular complexity index is 718. The molecule has 1 heterocycles. The average Bonchev–Trinajstić information content (AvgIpc) is 2.71. The van der Waals surface area contributed by atoms with E-state index >= 15 is 0 Å². The Morgan fingerprint density at radius 3 is 2.68 bits per heavy atom. The summed E-state index contributed by atoms with van der Waals surface area (Å²) in [6.07, 6.45) is 1.58. The molecule has 4 nitrogen and oxygen atoms in total. The van der Waals surface area contributed by atoms with E-state index in [2.05, 4.69) is 17.0 Å². The van der Waals surface area contributed by atoms with Crippen LogP contribution >= 0.6 is 0 Å². The van der Waals surface area contributed by atoms with Gasteiger partial charge < -0.3 is 9.30 Å². The van der Waals surface area contributed by atoms with Crippen molar-refractivity contribution >= 4 is 28.7 Å². The van der Waals surface area contributed by atoms with Gasteiger partial charge in [0.05, 0.1) is 18.4 Å². The normalized spacial score (nSPS) is 10.0. The monoisotopic (exact) mass is 255 g/mol. The van der Waals surface area contributed by atoms with Gasteiger partial charge in [-0.1, -0.05) is 24.8 Å². The van der Waals surface area contributed by atoms with Gasteiger partial charge in [-0.3, -0.25) is 4.79 Å². The molecule has 0 bridgehead atoms. The number of Topliss-reactive ketones (excluding diaryl/α,β-unsaturated/α-hetero) is 1. The molecule has 2 rings (SSSR count). The van der Waals surface area contributed by atoms with E-state index < -0.39 is 11.8 Å². The van der Waals surface area contributed by atoms with E-state index in [-0.39, 0.29) is 0 Å². The third-order valence-corrected chi connectivity index (χ3v) is 2.99. The first kappa shape index (κ1) is 12.9. The van der Waals surface area contributed by atoms with Gasteiger partial charge in [-0.05, 0) is 6.07 Å². The summed E-state index contributed by atoms with van der Waals surface area (Å²) in [4.78, 5) is 23.6. The number of ketones is 1. The van der Waals surface area contributed by atoms with Crippen molar-refractivity contribution in [1.29, 1.82) is 0 Å². The largest absolute Gasteiger partial charge is 0.463 e. The third kappa shape index (κ3) is 1.98. The van der Waals surface area contributed by atoms with E-state index in [1.54, 1.807) is 12.1 Å². The Labute approximate surface area is 110 Å². The van der Waals surface area contributed by atoms with Gasteiger partial charge in [0, 0.05) is 24.0 Å². The van der Waals surface area contributed by atoms with E-state index in [0.717, 1.165) is 5.52 Å². The molecule has 0 saturated carbocycles. The van der Waals surface area contributed by atoms with Crippen LogP contribution in [0.2, 0.25) is 0 Å². The molecule has 4 heteroatoms. The smallest absolute Gasteiger partial charge is 0.379 e. The fraction of sp³-hybridized carbons (Fsp3) is 0.133. The molecule has 1 aromatic carbocycles. The van der Waals surface area contributed by atoms with Crippen LogP contribution in [0.1, 0.15) is 16.1 Å². The number of para-hydroxylation sites is 1. The van der Waals surface area contributed by atoms with Gasteiger partial charge in [0.2, 0.25) is 0 Å². The number of aryl methyl sites for hydroxylation is 1. The number of fused-ring (bicyclic) bond motifs is 1. The molecule has 96 valence electrons. The van der Waals surface area contributed by atoms with Crippen molar-refractivity contribution in [3.63, 3.8) is 0 Å².